The number of halogens is 1. The van der Waals surface area contributed by atoms with Crippen LogP contribution < -0.4 is 4.90 Å². The second-order valence-electron chi connectivity index (χ2n) is 3.53. The molecule has 4 nitrogen and oxygen atoms in total. The van der Waals surface area contributed by atoms with Crippen molar-refractivity contribution >= 4 is 5.69 Å². The molecule has 1 aromatic rings. The predicted molar refractivity (Wildman–Crippen MR) is 60.5 cm³/mol. The van der Waals surface area contributed by atoms with Crippen LogP contribution in [-0.2, 0) is 0 Å². The van der Waals surface area contributed by atoms with Crippen LogP contribution in [0.1, 0.15) is 18.6 Å². The van der Waals surface area contributed by atoms with Crippen LogP contribution in [0.2, 0.25) is 0 Å². The molecular formula is C12H12FN3O. The second-order valence-corrected chi connectivity index (χ2v) is 3.53. The molecule has 88 valence electrons. The molecule has 0 saturated heterocycles. The van der Waals surface area contributed by atoms with Gasteiger partial charge < -0.3 is 10.0 Å². The summed E-state index contributed by atoms with van der Waals surface area (Å²) in [5.74, 6) is -0.547. The highest BCUT2D eigenvalue weighted by Gasteiger charge is 2.18. The first-order valence-corrected chi connectivity index (χ1v) is 5.07. The maximum Gasteiger partial charge on any atom is 0.146 e. The van der Waals surface area contributed by atoms with E-state index < -0.39 is 11.9 Å². The Morgan fingerprint density at radius 3 is 2.41 bits per heavy atom. The van der Waals surface area contributed by atoms with Crippen LogP contribution in [0, 0.1) is 28.5 Å². The SMILES string of the molecule is C[C@H](O)c1cccc(F)c1N(CC#N)CC#N. The Hall–Kier alpha value is -2.11. The van der Waals surface area contributed by atoms with E-state index in [2.05, 4.69) is 0 Å². The number of hydrogen-bond acceptors (Lipinski definition) is 4. The van der Waals surface area contributed by atoms with Crippen LogP contribution in [0.4, 0.5) is 10.1 Å². The minimum atomic E-state index is -0.861. The Morgan fingerprint density at radius 1 is 1.35 bits per heavy atom. The third-order valence-electron chi connectivity index (χ3n) is 2.31. The molecule has 0 heterocycles. The first-order chi connectivity index (χ1) is 8.11. The lowest BCUT2D eigenvalue weighted by Gasteiger charge is -2.23. The van der Waals surface area contributed by atoms with Crippen molar-refractivity contribution in [3.05, 3.63) is 29.6 Å². The third kappa shape index (κ3) is 2.93. The molecule has 0 unspecified atom stereocenters. The summed E-state index contributed by atoms with van der Waals surface area (Å²) in [6.45, 7) is 1.30. The van der Waals surface area contributed by atoms with Gasteiger partial charge in [0, 0.05) is 5.56 Å². The van der Waals surface area contributed by atoms with Crippen LogP contribution in [0.25, 0.3) is 0 Å². The standard InChI is InChI=1S/C12H12FN3O/c1-9(17)10-3-2-4-11(13)12(10)16(7-5-14)8-6-15/h2-4,9,17H,7-8H2,1H3/t9-/m0/s1. The van der Waals surface area contributed by atoms with Crippen molar-refractivity contribution in [1.29, 1.82) is 10.5 Å². The Kier molecular flexibility index (Phi) is 4.45. The summed E-state index contributed by atoms with van der Waals surface area (Å²) in [5.41, 5.74) is 0.487. The number of aliphatic hydroxyl groups excluding tert-OH is 1. The molecule has 0 fully saturated rings. The van der Waals surface area contributed by atoms with Gasteiger partial charge in [-0.2, -0.15) is 10.5 Å². The minimum Gasteiger partial charge on any atom is -0.389 e. The summed E-state index contributed by atoms with van der Waals surface area (Å²) < 4.78 is 13.7. The van der Waals surface area contributed by atoms with Gasteiger partial charge in [0.2, 0.25) is 0 Å². The molecule has 0 aliphatic heterocycles. The van der Waals surface area contributed by atoms with Crippen LogP contribution in [0.3, 0.4) is 0 Å². The van der Waals surface area contributed by atoms with Gasteiger partial charge >= 0.3 is 0 Å². The van der Waals surface area contributed by atoms with E-state index in [1.807, 2.05) is 12.1 Å². The zero-order valence-electron chi connectivity index (χ0n) is 9.39. The van der Waals surface area contributed by atoms with Gasteiger partial charge in [-0.05, 0) is 13.0 Å². The monoisotopic (exact) mass is 233 g/mol. The maximum absolute atomic E-state index is 13.7. The molecule has 0 saturated carbocycles. The van der Waals surface area contributed by atoms with E-state index in [1.54, 1.807) is 6.07 Å². The van der Waals surface area contributed by atoms with Crippen molar-refractivity contribution in [2.75, 3.05) is 18.0 Å². The van der Waals surface area contributed by atoms with Crippen molar-refractivity contribution in [2.24, 2.45) is 0 Å². The number of para-hydroxylation sites is 1. The van der Waals surface area contributed by atoms with E-state index >= 15 is 0 Å². The lowest BCUT2D eigenvalue weighted by molar-refractivity contribution is 0.199. The van der Waals surface area contributed by atoms with E-state index in [9.17, 15) is 9.50 Å². The van der Waals surface area contributed by atoms with Crippen molar-refractivity contribution in [2.45, 2.75) is 13.0 Å². The van der Waals surface area contributed by atoms with E-state index in [1.165, 1.54) is 24.0 Å². The van der Waals surface area contributed by atoms with Gasteiger partial charge in [-0.1, -0.05) is 12.1 Å². The zero-order valence-corrected chi connectivity index (χ0v) is 9.39. The molecule has 1 rings (SSSR count). The molecule has 1 atom stereocenters. The number of aliphatic hydroxyl groups is 1. The molecule has 0 aliphatic rings. The smallest absolute Gasteiger partial charge is 0.146 e. The summed E-state index contributed by atoms with van der Waals surface area (Å²) >= 11 is 0. The average molecular weight is 233 g/mol. The predicted octanol–water partition coefficient (Wildman–Crippen LogP) is 1.73. The van der Waals surface area contributed by atoms with Crippen LogP contribution in [-0.4, -0.2) is 18.2 Å². The van der Waals surface area contributed by atoms with Crippen molar-refractivity contribution in [1.82, 2.24) is 0 Å². The summed E-state index contributed by atoms with van der Waals surface area (Å²) in [4.78, 5) is 1.30. The number of benzene rings is 1. The van der Waals surface area contributed by atoms with Gasteiger partial charge in [-0.15, -0.1) is 0 Å². The van der Waals surface area contributed by atoms with Crippen molar-refractivity contribution in [3.63, 3.8) is 0 Å². The highest BCUT2D eigenvalue weighted by Crippen LogP contribution is 2.28. The number of nitrogens with zero attached hydrogens (tertiary/aromatic N) is 3. The van der Waals surface area contributed by atoms with E-state index in [0.717, 1.165) is 0 Å². The molecule has 0 amide bonds. The molecule has 1 N–H and O–H groups in total. The molecule has 0 aliphatic carbocycles. The summed E-state index contributed by atoms with van der Waals surface area (Å²) in [5, 5.41) is 26.9. The quantitative estimate of drug-likeness (QED) is 0.804. The zero-order chi connectivity index (χ0) is 12.8. The second kappa shape index (κ2) is 5.83. The Balaban J connectivity index is 3.26. The highest BCUT2D eigenvalue weighted by atomic mass is 19.1. The first-order valence-electron chi connectivity index (χ1n) is 5.07. The summed E-state index contributed by atoms with van der Waals surface area (Å²) in [6.07, 6.45) is -0.861. The van der Waals surface area contributed by atoms with Crippen LogP contribution in [0.15, 0.2) is 18.2 Å². The van der Waals surface area contributed by atoms with Gasteiger partial charge in [-0.25, -0.2) is 4.39 Å². The molecule has 0 aromatic heterocycles. The fourth-order valence-corrected chi connectivity index (χ4v) is 1.59. The lowest BCUT2D eigenvalue weighted by atomic mass is 10.1. The molecule has 0 spiro atoms. The number of hydrogen-bond donors (Lipinski definition) is 1. The Labute approximate surface area is 99.1 Å². The summed E-state index contributed by atoms with van der Waals surface area (Å²) in [7, 11) is 0. The Bertz CT molecular complexity index is 458. The van der Waals surface area contributed by atoms with Gasteiger partial charge in [0.1, 0.15) is 18.9 Å². The summed E-state index contributed by atoms with van der Waals surface area (Å²) in [6, 6.07) is 8.04. The molecule has 0 bridgehead atoms. The minimum absolute atomic E-state index is 0.103. The molecule has 0 radical (unpaired) electrons. The molecule has 17 heavy (non-hydrogen) atoms. The highest BCUT2D eigenvalue weighted by molar-refractivity contribution is 5.57. The third-order valence-corrected chi connectivity index (χ3v) is 2.31. The van der Waals surface area contributed by atoms with Gasteiger partial charge in [0.05, 0.1) is 23.9 Å². The van der Waals surface area contributed by atoms with Gasteiger partial charge in [0.25, 0.3) is 0 Å². The average Bonchev–Trinajstić information content (AvgIpc) is 2.28. The van der Waals surface area contributed by atoms with Gasteiger partial charge in [0.15, 0.2) is 0 Å². The van der Waals surface area contributed by atoms with E-state index in [4.69, 9.17) is 10.5 Å². The largest absolute Gasteiger partial charge is 0.389 e. The van der Waals surface area contributed by atoms with Crippen LogP contribution in [0.5, 0.6) is 0 Å². The Morgan fingerprint density at radius 2 is 1.94 bits per heavy atom. The maximum atomic E-state index is 13.7. The fraction of sp³-hybridized carbons (Fsp3) is 0.333. The number of anilines is 1. The first kappa shape index (κ1) is 13.0. The van der Waals surface area contributed by atoms with Crippen molar-refractivity contribution in [3.8, 4) is 12.1 Å². The molecule has 5 heteroatoms. The molecule has 1 aromatic carbocycles. The van der Waals surface area contributed by atoms with Crippen molar-refractivity contribution < 1.29 is 9.50 Å². The van der Waals surface area contributed by atoms with Crippen LogP contribution >= 0.6 is 0 Å². The number of nitriles is 2. The lowest BCUT2D eigenvalue weighted by Crippen LogP contribution is -2.26. The van der Waals surface area contributed by atoms with Gasteiger partial charge in [-0.3, -0.25) is 0 Å². The van der Waals surface area contributed by atoms with E-state index in [0.29, 0.717) is 5.56 Å². The normalized spacial score (nSPS) is 11.4. The molecular weight excluding hydrogens is 221 g/mol. The fourth-order valence-electron chi connectivity index (χ4n) is 1.59. The van der Waals surface area contributed by atoms with E-state index in [-0.39, 0.29) is 18.8 Å². The number of rotatable bonds is 4. The topological polar surface area (TPSA) is 71.0 Å².